The van der Waals surface area contributed by atoms with E-state index in [9.17, 15) is 10.1 Å². The molecule has 0 aromatic heterocycles. The van der Waals surface area contributed by atoms with Gasteiger partial charge in [-0.3, -0.25) is 4.79 Å². The average Bonchev–Trinajstić information content (AvgIpc) is 2.77. The molecule has 0 bridgehead atoms. The van der Waals surface area contributed by atoms with E-state index in [1.807, 2.05) is 18.2 Å². The quantitative estimate of drug-likeness (QED) is 0.497. The summed E-state index contributed by atoms with van der Waals surface area (Å²) < 4.78 is 5.78. The largest absolute Gasteiger partial charge is 0.489 e. The van der Waals surface area contributed by atoms with Gasteiger partial charge >= 0.3 is 0 Å². The topological polar surface area (TPSA) is 85.9 Å². The van der Waals surface area contributed by atoms with Gasteiger partial charge in [0.25, 0.3) is 5.91 Å². The Morgan fingerprint density at radius 1 is 0.966 bits per heavy atom. The van der Waals surface area contributed by atoms with E-state index in [-0.39, 0.29) is 5.57 Å². The maximum Gasteiger partial charge on any atom is 0.266 e. The molecule has 0 spiro atoms. The maximum absolute atomic E-state index is 12.3. The molecule has 0 atom stereocenters. The number of nitrogens with zero attached hydrogens (tertiary/aromatic N) is 2. The lowest BCUT2D eigenvalue weighted by Gasteiger charge is -2.08. The molecule has 0 unspecified atom stereocenters. The van der Waals surface area contributed by atoms with E-state index in [1.54, 1.807) is 66.7 Å². The van der Waals surface area contributed by atoms with Crippen LogP contribution in [0.4, 0.5) is 5.69 Å². The molecule has 0 aliphatic rings. The summed E-state index contributed by atoms with van der Waals surface area (Å²) >= 11 is 0. The van der Waals surface area contributed by atoms with E-state index in [1.165, 1.54) is 6.08 Å². The molecular formula is C24H17N3O2. The predicted molar refractivity (Wildman–Crippen MR) is 111 cm³/mol. The van der Waals surface area contributed by atoms with Crippen molar-refractivity contribution in [3.05, 3.63) is 101 Å². The molecule has 0 aliphatic heterocycles. The zero-order chi connectivity index (χ0) is 20.5. The molecule has 3 aromatic rings. The van der Waals surface area contributed by atoms with Crippen LogP contribution in [-0.2, 0) is 11.4 Å². The van der Waals surface area contributed by atoms with Gasteiger partial charge in [-0.25, -0.2) is 0 Å². The SMILES string of the molecule is N#CC(=Cc1cccc(OCc2cccc(C#N)c2)c1)C(=O)Nc1ccccc1. The summed E-state index contributed by atoms with van der Waals surface area (Å²) in [5, 5.41) is 21.0. The number of para-hydroxylation sites is 1. The summed E-state index contributed by atoms with van der Waals surface area (Å²) in [4.78, 5) is 12.3. The van der Waals surface area contributed by atoms with Crippen molar-refractivity contribution < 1.29 is 9.53 Å². The fourth-order valence-electron chi connectivity index (χ4n) is 2.63. The van der Waals surface area contributed by atoms with E-state index in [4.69, 9.17) is 10.00 Å². The van der Waals surface area contributed by atoms with E-state index in [2.05, 4.69) is 11.4 Å². The number of anilines is 1. The zero-order valence-corrected chi connectivity index (χ0v) is 15.5. The first kappa shape index (κ1) is 19.4. The zero-order valence-electron chi connectivity index (χ0n) is 15.5. The molecule has 0 fully saturated rings. The lowest BCUT2D eigenvalue weighted by molar-refractivity contribution is -0.112. The number of nitrogens with one attached hydrogen (secondary N) is 1. The van der Waals surface area contributed by atoms with Crippen LogP contribution in [-0.4, -0.2) is 5.91 Å². The van der Waals surface area contributed by atoms with Crippen LogP contribution in [0, 0.1) is 22.7 Å². The smallest absolute Gasteiger partial charge is 0.266 e. The Kier molecular flexibility index (Phi) is 6.39. The first-order valence-electron chi connectivity index (χ1n) is 8.88. The minimum Gasteiger partial charge on any atom is -0.489 e. The van der Waals surface area contributed by atoms with Crippen molar-refractivity contribution >= 4 is 17.7 Å². The van der Waals surface area contributed by atoms with Crippen LogP contribution in [0.2, 0.25) is 0 Å². The van der Waals surface area contributed by atoms with Gasteiger partial charge in [0.1, 0.15) is 24.0 Å². The molecule has 5 heteroatoms. The van der Waals surface area contributed by atoms with E-state index in [0.717, 1.165) is 5.56 Å². The number of nitriles is 2. The van der Waals surface area contributed by atoms with Crippen LogP contribution in [0.5, 0.6) is 5.75 Å². The molecule has 140 valence electrons. The minimum atomic E-state index is -0.474. The molecule has 0 radical (unpaired) electrons. The summed E-state index contributed by atoms with van der Waals surface area (Å²) in [5.41, 5.74) is 2.74. The van der Waals surface area contributed by atoms with Crippen molar-refractivity contribution in [2.24, 2.45) is 0 Å². The number of rotatable bonds is 6. The van der Waals surface area contributed by atoms with Crippen molar-refractivity contribution in [1.29, 1.82) is 10.5 Å². The van der Waals surface area contributed by atoms with E-state index >= 15 is 0 Å². The van der Waals surface area contributed by atoms with E-state index < -0.39 is 5.91 Å². The highest BCUT2D eigenvalue weighted by atomic mass is 16.5. The van der Waals surface area contributed by atoms with Gasteiger partial charge in [-0.15, -0.1) is 0 Å². The standard InChI is InChI=1S/C24H17N3O2/c25-15-19-7-4-8-20(12-19)17-29-23-11-5-6-18(14-23)13-21(16-26)24(28)27-22-9-2-1-3-10-22/h1-14H,17H2,(H,27,28). The second kappa shape index (κ2) is 9.55. The Labute approximate surface area is 169 Å². The van der Waals surface area contributed by atoms with Crippen LogP contribution in [0.25, 0.3) is 6.08 Å². The van der Waals surface area contributed by atoms with Gasteiger partial charge in [-0.1, -0.05) is 42.5 Å². The molecule has 1 N–H and O–H groups in total. The second-order valence-corrected chi connectivity index (χ2v) is 6.16. The fraction of sp³-hybridized carbons (Fsp3) is 0.0417. The van der Waals surface area contributed by atoms with Crippen molar-refractivity contribution in [2.75, 3.05) is 5.32 Å². The number of hydrogen-bond acceptors (Lipinski definition) is 4. The van der Waals surface area contributed by atoms with Gasteiger partial charge in [-0.2, -0.15) is 10.5 Å². The molecule has 3 rings (SSSR count). The monoisotopic (exact) mass is 379 g/mol. The highest BCUT2D eigenvalue weighted by Crippen LogP contribution is 2.18. The summed E-state index contributed by atoms with van der Waals surface area (Å²) in [7, 11) is 0. The molecule has 29 heavy (non-hydrogen) atoms. The number of ether oxygens (including phenoxy) is 1. The fourth-order valence-corrected chi connectivity index (χ4v) is 2.63. The highest BCUT2D eigenvalue weighted by Gasteiger charge is 2.09. The third-order valence-electron chi connectivity index (χ3n) is 4.03. The summed E-state index contributed by atoms with van der Waals surface area (Å²) in [6, 6.07) is 27.3. The third-order valence-corrected chi connectivity index (χ3v) is 4.03. The normalized spacial score (nSPS) is 10.5. The summed E-state index contributed by atoms with van der Waals surface area (Å²) in [6.45, 7) is 0.308. The molecule has 0 saturated heterocycles. The molecule has 0 aliphatic carbocycles. The van der Waals surface area contributed by atoms with Gasteiger partial charge in [-0.05, 0) is 53.6 Å². The Bertz CT molecular complexity index is 1120. The van der Waals surface area contributed by atoms with Gasteiger partial charge in [0.2, 0.25) is 0 Å². The van der Waals surface area contributed by atoms with Crippen LogP contribution in [0.1, 0.15) is 16.7 Å². The molecule has 5 nitrogen and oxygen atoms in total. The number of hydrogen-bond donors (Lipinski definition) is 1. The summed E-state index contributed by atoms with van der Waals surface area (Å²) in [6.07, 6.45) is 1.52. The summed E-state index contributed by atoms with van der Waals surface area (Å²) in [5.74, 6) is 0.125. The third kappa shape index (κ3) is 5.56. The minimum absolute atomic E-state index is 0.00674. The molecule has 0 heterocycles. The highest BCUT2D eigenvalue weighted by molar-refractivity contribution is 6.09. The van der Waals surface area contributed by atoms with Gasteiger partial charge in [0.15, 0.2) is 0 Å². The number of carbonyl (C=O) groups is 1. The molecular weight excluding hydrogens is 362 g/mol. The molecule has 3 aromatic carbocycles. The Hall–Kier alpha value is -4.35. The number of amides is 1. The van der Waals surface area contributed by atoms with E-state index in [0.29, 0.717) is 29.2 Å². The second-order valence-electron chi connectivity index (χ2n) is 6.16. The average molecular weight is 379 g/mol. The van der Waals surface area contributed by atoms with Crippen molar-refractivity contribution in [1.82, 2.24) is 0 Å². The first-order valence-corrected chi connectivity index (χ1v) is 8.88. The van der Waals surface area contributed by atoms with Crippen LogP contribution in [0.15, 0.2) is 84.4 Å². The Morgan fingerprint density at radius 2 is 1.76 bits per heavy atom. The molecule has 1 amide bonds. The number of benzene rings is 3. The van der Waals surface area contributed by atoms with Gasteiger partial charge in [0.05, 0.1) is 11.6 Å². The van der Waals surface area contributed by atoms with Crippen LogP contribution < -0.4 is 10.1 Å². The van der Waals surface area contributed by atoms with Gasteiger partial charge < -0.3 is 10.1 Å². The van der Waals surface area contributed by atoms with Gasteiger partial charge in [0, 0.05) is 5.69 Å². The van der Waals surface area contributed by atoms with Crippen molar-refractivity contribution in [3.8, 4) is 17.9 Å². The Morgan fingerprint density at radius 3 is 2.52 bits per heavy atom. The van der Waals surface area contributed by atoms with Crippen molar-refractivity contribution in [2.45, 2.75) is 6.61 Å². The predicted octanol–water partition coefficient (Wildman–Crippen LogP) is 4.68. The van der Waals surface area contributed by atoms with Crippen LogP contribution in [0.3, 0.4) is 0 Å². The lowest BCUT2D eigenvalue weighted by atomic mass is 10.1. The Balaban J connectivity index is 1.71. The molecule has 0 saturated carbocycles. The van der Waals surface area contributed by atoms with Crippen LogP contribution >= 0.6 is 0 Å². The maximum atomic E-state index is 12.3. The first-order chi connectivity index (χ1) is 14.2. The van der Waals surface area contributed by atoms with Crippen molar-refractivity contribution in [3.63, 3.8) is 0 Å². The lowest BCUT2D eigenvalue weighted by Crippen LogP contribution is -2.13. The number of carbonyl (C=O) groups excluding carboxylic acids is 1.